The van der Waals surface area contributed by atoms with Crippen molar-refractivity contribution in [3.8, 4) is 11.4 Å². The highest BCUT2D eigenvalue weighted by Gasteiger charge is 2.24. The maximum atomic E-state index is 4.68. The zero-order chi connectivity index (χ0) is 15.4. The lowest BCUT2D eigenvalue weighted by molar-refractivity contribution is 0.508. The zero-order valence-corrected chi connectivity index (χ0v) is 13.5. The van der Waals surface area contributed by atoms with Crippen LogP contribution >= 0.6 is 11.3 Å². The lowest BCUT2D eigenvalue weighted by Gasteiger charge is -2.17. The molecule has 0 fully saturated rings. The highest BCUT2D eigenvalue weighted by Crippen LogP contribution is 2.39. The standard InChI is InChI=1S/C17H15N5S/c1-10-2-3-13-12(8-10)14-16-21-20-15(11-4-6-18-7-5-11)22(16)9-19-17(14)23-13/h4-7,9-10H,2-3,8H2,1H3/t10-/m0/s1. The Bertz CT molecular complexity index is 1020. The molecule has 4 aromatic heterocycles. The van der Waals surface area contributed by atoms with E-state index in [2.05, 4.69) is 27.1 Å². The molecule has 0 aromatic carbocycles. The van der Waals surface area contributed by atoms with E-state index in [0.29, 0.717) is 0 Å². The Hall–Kier alpha value is -2.34. The normalized spacial score (nSPS) is 17.7. The summed E-state index contributed by atoms with van der Waals surface area (Å²) in [6.07, 6.45) is 8.94. The van der Waals surface area contributed by atoms with Crippen LogP contribution in [0.1, 0.15) is 23.8 Å². The van der Waals surface area contributed by atoms with Gasteiger partial charge in [0.05, 0.1) is 5.39 Å². The van der Waals surface area contributed by atoms with Gasteiger partial charge in [-0.15, -0.1) is 21.5 Å². The van der Waals surface area contributed by atoms with Crippen molar-refractivity contribution in [1.82, 2.24) is 24.6 Å². The van der Waals surface area contributed by atoms with E-state index in [1.54, 1.807) is 12.4 Å². The van der Waals surface area contributed by atoms with E-state index in [4.69, 9.17) is 0 Å². The molecule has 0 saturated heterocycles. The summed E-state index contributed by atoms with van der Waals surface area (Å²) < 4.78 is 2.00. The van der Waals surface area contributed by atoms with Gasteiger partial charge in [-0.3, -0.25) is 9.38 Å². The Morgan fingerprint density at radius 3 is 2.96 bits per heavy atom. The molecule has 4 aromatic rings. The Kier molecular flexibility index (Phi) is 2.76. The molecule has 0 radical (unpaired) electrons. The number of hydrogen-bond acceptors (Lipinski definition) is 5. The predicted molar refractivity (Wildman–Crippen MR) is 90.6 cm³/mol. The van der Waals surface area contributed by atoms with Gasteiger partial charge in [-0.25, -0.2) is 4.98 Å². The highest BCUT2D eigenvalue weighted by molar-refractivity contribution is 7.19. The van der Waals surface area contributed by atoms with E-state index in [0.717, 1.165) is 40.6 Å². The fourth-order valence-corrected chi connectivity index (χ4v) is 4.62. The van der Waals surface area contributed by atoms with Crippen molar-refractivity contribution in [2.24, 2.45) is 5.92 Å². The fourth-order valence-electron chi connectivity index (χ4n) is 3.44. The number of thiophene rings is 1. The summed E-state index contributed by atoms with van der Waals surface area (Å²) in [4.78, 5) is 11.3. The van der Waals surface area contributed by atoms with Gasteiger partial charge in [-0.1, -0.05) is 6.92 Å². The molecule has 1 aliphatic rings. The number of aryl methyl sites for hydroxylation is 1. The number of hydrogen-bond donors (Lipinski definition) is 0. The Morgan fingerprint density at radius 2 is 2.09 bits per heavy atom. The van der Waals surface area contributed by atoms with E-state index < -0.39 is 0 Å². The van der Waals surface area contributed by atoms with Crippen molar-refractivity contribution in [3.63, 3.8) is 0 Å². The van der Waals surface area contributed by atoms with E-state index in [-0.39, 0.29) is 0 Å². The lowest BCUT2D eigenvalue weighted by Crippen LogP contribution is -2.09. The molecule has 0 N–H and O–H groups in total. The first-order chi connectivity index (χ1) is 11.3. The minimum absolute atomic E-state index is 0.725. The largest absolute Gasteiger partial charge is 0.265 e. The van der Waals surface area contributed by atoms with Gasteiger partial charge in [0.15, 0.2) is 11.5 Å². The number of aromatic nitrogens is 5. The van der Waals surface area contributed by atoms with Gasteiger partial charge in [0.25, 0.3) is 0 Å². The van der Waals surface area contributed by atoms with Crippen LogP contribution in [-0.2, 0) is 12.8 Å². The molecule has 0 saturated carbocycles. The molecule has 1 aliphatic carbocycles. The summed E-state index contributed by atoms with van der Waals surface area (Å²) in [5.74, 6) is 1.55. The van der Waals surface area contributed by atoms with Gasteiger partial charge in [0.1, 0.15) is 11.2 Å². The highest BCUT2D eigenvalue weighted by atomic mass is 32.1. The van der Waals surface area contributed by atoms with E-state index in [1.165, 1.54) is 22.2 Å². The molecule has 1 atom stereocenters. The molecule has 6 heteroatoms. The lowest BCUT2D eigenvalue weighted by atomic mass is 9.89. The van der Waals surface area contributed by atoms with Gasteiger partial charge >= 0.3 is 0 Å². The molecule has 4 heterocycles. The topological polar surface area (TPSA) is 56.0 Å². The number of rotatable bonds is 1. The average Bonchev–Trinajstić information content (AvgIpc) is 3.16. The number of fused-ring (bicyclic) bond motifs is 5. The smallest absolute Gasteiger partial charge is 0.172 e. The van der Waals surface area contributed by atoms with E-state index >= 15 is 0 Å². The molecular weight excluding hydrogens is 306 g/mol. The van der Waals surface area contributed by atoms with Crippen LogP contribution < -0.4 is 0 Å². The predicted octanol–water partition coefficient (Wildman–Crippen LogP) is 3.53. The third-order valence-electron chi connectivity index (χ3n) is 4.64. The van der Waals surface area contributed by atoms with Crippen molar-refractivity contribution in [2.45, 2.75) is 26.2 Å². The van der Waals surface area contributed by atoms with Crippen LogP contribution in [0, 0.1) is 5.92 Å². The number of pyridine rings is 1. The molecular formula is C17H15N5S. The van der Waals surface area contributed by atoms with Gasteiger partial charge in [-0.05, 0) is 42.9 Å². The summed E-state index contributed by atoms with van der Waals surface area (Å²) >= 11 is 1.82. The van der Waals surface area contributed by atoms with Gasteiger partial charge in [-0.2, -0.15) is 0 Å². The van der Waals surface area contributed by atoms with Crippen molar-refractivity contribution in [2.75, 3.05) is 0 Å². The molecule has 5 rings (SSSR count). The maximum absolute atomic E-state index is 4.68. The SMILES string of the molecule is C[C@H]1CCc2sc3ncn4c(-c5ccncc5)nnc4c3c2C1. The maximum Gasteiger partial charge on any atom is 0.172 e. The first-order valence-corrected chi connectivity index (χ1v) is 8.67. The Labute approximate surface area is 137 Å². The van der Waals surface area contributed by atoms with Gasteiger partial charge in [0, 0.05) is 22.8 Å². The van der Waals surface area contributed by atoms with Gasteiger partial charge in [0.2, 0.25) is 0 Å². The van der Waals surface area contributed by atoms with Crippen molar-refractivity contribution < 1.29 is 0 Å². The average molecular weight is 321 g/mol. The summed E-state index contributed by atoms with van der Waals surface area (Å²) in [6.45, 7) is 2.33. The molecule has 0 amide bonds. The first kappa shape index (κ1) is 13.1. The van der Waals surface area contributed by atoms with E-state index in [1.807, 2.05) is 34.2 Å². The van der Waals surface area contributed by atoms with Crippen LogP contribution in [0.25, 0.3) is 27.3 Å². The van der Waals surface area contributed by atoms with Crippen molar-refractivity contribution in [3.05, 3.63) is 41.3 Å². The number of nitrogens with zero attached hydrogens (tertiary/aromatic N) is 5. The summed E-state index contributed by atoms with van der Waals surface area (Å²) in [7, 11) is 0. The molecule has 23 heavy (non-hydrogen) atoms. The van der Waals surface area contributed by atoms with Crippen LogP contribution in [0.15, 0.2) is 30.9 Å². The van der Waals surface area contributed by atoms with Gasteiger partial charge < -0.3 is 0 Å². The second-order valence-corrected chi connectivity index (χ2v) is 7.31. The quantitative estimate of drug-likeness (QED) is 0.538. The summed E-state index contributed by atoms with van der Waals surface area (Å²) in [5, 5.41) is 10.1. The van der Waals surface area contributed by atoms with Crippen LogP contribution in [-0.4, -0.2) is 24.6 Å². The molecule has 5 nitrogen and oxygen atoms in total. The minimum atomic E-state index is 0.725. The zero-order valence-electron chi connectivity index (χ0n) is 12.7. The monoisotopic (exact) mass is 321 g/mol. The molecule has 0 aliphatic heterocycles. The minimum Gasteiger partial charge on any atom is -0.265 e. The van der Waals surface area contributed by atoms with Crippen LogP contribution in [0.2, 0.25) is 0 Å². The Morgan fingerprint density at radius 1 is 1.22 bits per heavy atom. The van der Waals surface area contributed by atoms with Crippen LogP contribution in [0.5, 0.6) is 0 Å². The third kappa shape index (κ3) is 1.91. The van der Waals surface area contributed by atoms with Crippen LogP contribution in [0.3, 0.4) is 0 Å². The molecule has 114 valence electrons. The second kappa shape index (κ2) is 4.83. The summed E-state index contributed by atoms with van der Waals surface area (Å²) in [6, 6.07) is 3.90. The van der Waals surface area contributed by atoms with Crippen molar-refractivity contribution in [1.29, 1.82) is 0 Å². The van der Waals surface area contributed by atoms with Crippen LogP contribution in [0.4, 0.5) is 0 Å². The fraction of sp³-hybridized carbons (Fsp3) is 0.294. The molecule has 0 spiro atoms. The van der Waals surface area contributed by atoms with Crippen molar-refractivity contribution >= 4 is 27.2 Å². The third-order valence-corrected chi connectivity index (χ3v) is 5.84. The van der Waals surface area contributed by atoms with E-state index in [9.17, 15) is 0 Å². The summed E-state index contributed by atoms with van der Waals surface area (Å²) in [5.41, 5.74) is 3.37. The second-order valence-electron chi connectivity index (χ2n) is 6.23. The first-order valence-electron chi connectivity index (χ1n) is 7.85. The molecule has 0 unspecified atom stereocenters. The molecule has 0 bridgehead atoms. The Balaban J connectivity index is 1.81.